The van der Waals surface area contributed by atoms with Gasteiger partial charge in [-0.2, -0.15) is 0 Å². The van der Waals surface area contributed by atoms with Crippen LogP contribution in [0.25, 0.3) is 5.69 Å². The standard InChI is InChI=1S/C22H20N4O5/c1-12(27)17-7-4-13(11-23-17)25-20(29)24-9-8-16-19(26(24)21(25)30)15-6-5-14(28)10-18(15)31-22(16,2)3/h4-8,10-11,19,28H,9H2,1-3H3. The van der Waals surface area contributed by atoms with Gasteiger partial charge < -0.3 is 9.84 Å². The number of ether oxygens (including phenoxy) is 1. The molecule has 0 bridgehead atoms. The first-order chi connectivity index (χ1) is 14.7. The number of aromatic nitrogens is 4. The maximum absolute atomic E-state index is 13.5. The van der Waals surface area contributed by atoms with Crippen molar-refractivity contribution in [1.29, 1.82) is 0 Å². The Hall–Kier alpha value is -3.88. The molecule has 0 amide bonds. The Kier molecular flexibility index (Phi) is 3.89. The van der Waals surface area contributed by atoms with Crippen LogP contribution < -0.4 is 16.1 Å². The van der Waals surface area contributed by atoms with E-state index in [1.807, 2.05) is 19.9 Å². The lowest BCUT2D eigenvalue weighted by molar-refractivity contribution is 0.101. The lowest BCUT2D eigenvalue weighted by Gasteiger charge is -2.42. The van der Waals surface area contributed by atoms with Gasteiger partial charge in [-0.05, 0) is 43.7 Å². The second-order valence-corrected chi connectivity index (χ2v) is 8.18. The van der Waals surface area contributed by atoms with Crippen LogP contribution in [-0.4, -0.2) is 35.4 Å². The van der Waals surface area contributed by atoms with Crippen LogP contribution >= 0.6 is 0 Å². The third-order valence-corrected chi connectivity index (χ3v) is 5.80. The number of carbonyl (C=O) groups excluding carboxylic acids is 1. The van der Waals surface area contributed by atoms with E-state index in [0.717, 1.165) is 10.1 Å². The summed E-state index contributed by atoms with van der Waals surface area (Å²) in [4.78, 5) is 42.2. The van der Waals surface area contributed by atoms with Crippen LogP contribution in [0.2, 0.25) is 0 Å². The Labute approximate surface area is 176 Å². The summed E-state index contributed by atoms with van der Waals surface area (Å²) in [5.74, 6) is 0.307. The molecule has 1 atom stereocenters. The number of phenols is 1. The summed E-state index contributed by atoms with van der Waals surface area (Å²) >= 11 is 0. The van der Waals surface area contributed by atoms with Crippen LogP contribution in [0.15, 0.2) is 57.8 Å². The Morgan fingerprint density at radius 3 is 2.65 bits per heavy atom. The number of nitrogens with zero attached hydrogens (tertiary/aromatic N) is 4. The topological polar surface area (TPSA) is 108 Å². The summed E-state index contributed by atoms with van der Waals surface area (Å²) < 4.78 is 9.96. The van der Waals surface area contributed by atoms with Crippen LogP contribution in [-0.2, 0) is 6.54 Å². The van der Waals surface area contributed by atoms with Gasteiger partial charge in [-0.3, -0.25) is 9.78 Å². The molecule has 1 aromatic carbocycles. The fourth-order valence-corrected chi connectivity index (χ4v) is 4.33. The van der Waals surface area contributed by atoms with Crippen molar-refractivity contribution >= 4 is 5.78 Å². The highest BCUT2D eigenvalue weighted by Crippen LogP contribution is 2.46. The molecule has 0 saturated heterocycles. The van der Waals surface area contributed by atoms with Crippen molar-refractivity contribution in [3.05, 3.63) is 80.4 Å². The number of allylic oxidation sites excluding steroid dienone is 1. The minimum atomic E-state index is -0.737. The summed E-state index contributed by atoms with van der Waals surface area (Å²) in [6.45, 7) is 5.39. The first kappa shape index (κ1) is 19.1. The van der Waals surface area contributed by atoms with Gasteiger partial charge in [0, 0.05) is 18.6 Å². The number of benzene rings is 1. The van der Waals surface area contributed by atoms with Gasteiger partial charge in [-0.1, -0.05) is 6.08 Å². The molecule has 2 aliphatic heterocycles. The van der Waals surface area contributed by atoms with Crippen molar-refractivity contribution in [2.45, 2.75) is 39.0 Å². The number of aromatic hydroxyl groups is 1. The monoisotopic (exact) mass is 420 g/mol. The molecule has 0 saturated carbocycles. The van der Waals surface area contributed by atoms with E-state index in [1.165, 1.54) is 46.7 Å². The number of ketones is 1. The highest BCUT2D eigenvalue weighted by atomic mass is 16.5. The Bertz CT molecular complexity index is 1390. The first-order valence-corrected chi connectivity index (χ1v) is 9.83. The highest BCUT2D eigenvalue weighted by molar-refractivity contribution is 5.92. The van der Waals surface area contributed by atoms with Crippen LogP contribution in [0.1, 0.15) is 42.9 Å². The maximum atomic E-state index is 13.5. The molecule has 3 aromatic rings. The van der Waals surface area contributed by atoms with Gasteiger partial charge in [-0.25, -0.2) is 23.5 Å². The summed E-state index contributed by atoms with van der Waals surface area (Å²) in [5.41, 5.74) is 0.324. The lowest BCUT2D eigenvalue weighted by atomic mass is 9.83. The number of hydrogen-bond donors (Lipinski definition) is 1. The third kappa shape index (κ3) is 2.69. The zero-order valence-corrected chi connectivity index (χ0v) is 17.2. The lowest BCUT2D eigenvalue weighted by Crippen LogP contribution is -2.46. The second kappa shape index (κ2) is 6.31. The number of rotatable bonds is 2. The highest BCUT2D eigenvalue weighted by Gasteiger charge is 2.43. The smallest absolute Gasteiger partial charge is 0.352 e. The van der Waals surface area contributed by atoms with Gasteiger partial charge in [0.15, 0.2) is 5.78 Å². The first-order valence-electron chi connectivity index (χ1n) is 9.83. The largest absolute Gasteiger partial charge is 0.508 e. The van der Waals surface area contributed by atoms with Gasteiger partial charge >= 0.3 is 11.4 Å². The molecule has 0 fully saturated rings. The number of Topliss-reactive ketones (excluding diaryl/α,β-unsaturated/α-hetero) is 1. The van der Waals surface area contributed by atoms with Crippen LogP contribution in [0.3, 0.4) is 0 Å². The fourth-order valence-electron chi connectivity index (χ4n) is 4.33. The molecule has 158 valence electrons. The molecule has 9 nitrogen and oxygen atoms in total. The molecular formula is C22H20N4O5. The number of hydrogen-bond acceptors (Lipinski definition) is 6. The number of pyridine rings is 1. The Morgan fingerprint density at radius 1 is 1.19 bits per heavy atom. The molecule has 9 heteroatoms. The predicted molar refractivity (Wildman–Crippen MR) is 111 cm³/mol. The SMILES string of the molecule is CC(=O)c1ccc(-n2c(=O)n3n(c2=O)C2C(=CC3)C(C)(C)Oc3cc(O)ccc32)cn1. The van der Waals surface area contributed by atoms with Gasteiger partial charge in [0.1, 0.15) is 28.8 Å². The molecule has 1 unspecified atom stereocenters. The van der Waals surface area contributed by atoms with Gasteiger partial charge in [-0.15, -0.1) is 0 Å². The zero-order valence-electron chi connectivity index (χ0n) is 17.2. The van der Waals surface area contributed by atoms with E-state index in [0.29, 0.717) is 11.3 Å². The van der Waals surface area contributed by atoms with E-state index in [9.17, 15) is 19.5 Å². The average Bonchev–Trinajstić information content (AvgIpc) is 2.97. The van der Waals surface area contributed by atoms with Crippen LogP contribution in [0, 0.1) is 0 Å². The summed E-state index contributed by atoms with van der Waals surface area (Å²) in [6, 6.07) is 7.21. The fraction of sp³-hybridized carbons (Fsp3) is 0.273. The van der Waals surface area contributed by atoms with Crippen molar-refractivity contribution in [2.75, 3.05) is 0 Å². The molecule has 5 rings (SSSR count). The van der Waals surface area contributed by atoms with Gasteiger partial charge in [0.2, 0.25) is 0 Å². The third-order valence-electron chi connectivity index (χ3n) is 5.80. The van der Waals surface area contributed by atoms with Gasteiger partial charge in [0.05, 0.1) is 18.4 Å². The Balaban J connectivity index is 1.74. The Morgan fingerprint density at radius 2 is 1.97 bits per heavy atom. The predicted octanol–water partition coefficient (Wildman–Crippen LogP) is 1.80. The van der Waals surface area contributed by atoms with Crippen LogP contribution in [0.5, 0.6) is 11.5 Å². The molecule has 4 heterocycles. The molecule has 0 aliphatic carbocycles. The number of carbonyl (C=O) groups is 1. The van der Waals surface area contributed by atoms with E-state index >= 15 is 0 Å². The molecule has 0 spiro atoms. The van der Waals surface area contributed by atoms with E-state index in [1.54, 1.807) is 6.07 Å². The van der Waals surface area contributed by atoms with Crippen molar-refractivity contribution in [2.24, 2.45) is 0 Å². The van der Waals surface area contributed by atoms with Crippen molar-refractivity contribution in [3.63, 3.8) is 0 Å². The van der Waals surface area contributed by atoms with E-state index in [4.69, 9.17) is 4.74 Å². The normalized spacial score (nSPS) is 18.3. The minimum absolute atomic E-state index is 0.0525. The van der Waals surface area contributed by atoms with Crippen LogP contribution in [0.4, 0.5) is 0 Å². The molecule has 0 radical (unpaired) electrons. The molecule has 31 heavy (non-hydrogen) atoms. The van der Waals surface area contributed by atoms with Gasteiger partial charge in [0.25, 0.3) is 0 Å². The molecular weight excluding hydrogens is 400 g/mol. The van der Waals surface area contributed by atoms with E-state index in [-0.39, 0.29) is 29.5 Å². The number of fused-ring (bicyclic) bond motifs is 5. The maximum Gasteiger partial charge on any atom is 0.352 e. The zero-order chi connectivity index (χ0) is 22.1. The summed E-state index contributed by atoms with van der Waals surface area (Å²) in [7, 11) is 0. The van der Waals surface area contributed by atoms with Crippen molar-refractivity contribution in [3.8, 4) is 17.2 Å². The minimum Gasteiger partial charge on any atom is -0.508 e. The molecule has 2 aliphatic rings. The summed E-state index contributed by atoms with van der Waals surface area (Å²) in [5, 5.41) is 9.91. The van der Waals surface area contributed by atoms with E-state index in [2.05, 4.69) is 4.98 Å². The van der Waals surface area contributed by atoms with E-state index < -0.39 is 23.0 Å². The molecule has 2 aromatic heterocycles. The average molecular weight is 420 g/mol. The number of phenolic OH excluding ortho intramolecular Hbond substituents is 1. The second-order valence-electron chi connectivity index (χ2n) is 8.18. The van der Waals surface area contributed by atoms with Crippen molar-refractivity contribution < 1.29 is 14.6 Å². The molecule has 1 N–H and O–H groups in total. The quantitative estimate of drug-likeness (QED) is 0.500. The summed E-state index contributed by atoms with van der Waals surface area (Å²) in [6.07, 6.45) is 3.25. The van der Waals surface area contributed by atoms with Crippen molar-refractivity contribution in [1.82, 2.24) is 18.9 Å².